The van der Waals surface area contributed by atoms with Crippen LogP contribution in [0.5, 0.6) is 0 Å². The molecule has 1 rings (SSSR count). The van der Waals surface area contributed by atoms with Gasteiger partial charge < -0.3 is 10.4 Å². The number of aromatic carboxylic acids is 1. The summed E-state index contributed by atoms with van der Waals surface area (Å²) in [5.74, 6) is -1.00. The number of hydrogen-bond donors (Lipinski definition) is 3. The molecule has 0 aliphatic rings. The smallest absolute Gasteiger partial charge is 0.335 e. The van der Waals surface area contributed by atoms with Crippen LogP contribution in [0.4, 0.5) is 5.69 Å². The molecule has 3 N–H and O–H groups in total. The fraction of sp³-hybridized carbons (Fsp3) is 0.533. The van der Waals surface area contributed by atoms with Gasteiger partial charge in [0.2, 0.25) is 10.0 Å². The number of benzene rings is 1. The van der Waals surface area contributed by atoms with Crippen molar-refractivity contribution < 1.29 is 18.3 Å². The molecule has 0 heterocycles. The zero-order valence-corrected chi connectivity index (χ0v) is 14.2. The van der Waals surface area contributed by atoms with Gasteiger partial charge >= 0.3 is 5.97 Å². The first-order valence-corrected chi connectivity index (χ1v) is 8.79. The quantitative estimate of drug-likeness (QED) is 0.681. The normalized spacial score (nSPS) is 13.1. The fourth-order valence-corrected chi connectivity index (χ4v) is 3.13. The predicted molar refractivity (Wildman–Crippen MR) is 86.8 cm³/mol. The van der Waals surface area contributed by atoms with Crippen molar-refractivity contribution in [3.8, 4) is 0 Å². The standard InChI is InChI=1S/C15H24N2O4S/c1-5-11(4)17-13-7-6-12(15(18)19)8-14(13)22(20,21)16-9-10(2)3/h6-8,10-11,16-17H,5,9H2,1-4H3,(H,18,19)/t11-/m0/s1. The Labute approximate surface area is 132 Å². The van der Waals surface area contributed by atoms with Gasteiger partial charge in [-0.05, 0) is 37.5 Å². The summed E-state index contributed by atoms with van der Waals surface area (Å²) in [5.41, 5.74) is 0.357. The maximum Gasteiger partial charge on any atom is 0.335 e. The molecule has 6 nitrogen and oxygen atoms in total. The summed E-state index contributed by atoms with van der Waals surface area (Å²) in [7, 11) is -3.77. The molecule has 0 spiro atoms. The first-order valence-electron chi connectivity index (χ1n) is 7.31. The van der Waals surface area contributed by atoms with Crippen molar-refractivity contribution in [1.82, 2.24) is 4.72 Å². The van der Waals surface area contributed by atoms with Crippen LogP contribution >= 0.6 is 0 Å². The van der Waals surface area contributed by atoms with E-state index in [0.717, 1.165) is 6.42 Å². The van der Waals surface area contributed by atoms with Crippen LogP contribution in [0.25, 0.3) is 0 Å². The number of sulfonamides is 1. The maximum absolute atomic E-state index is 12.5. The summed E-state index contributed by atoms with van der Waals surface area (Å²) < 4.78 is 27.4. The van der Waals surface area contributed by atoms with Gasteiger partial charge in [0.25, 0.3) is 0 Å². The molecular weight excluding hydrogens is 304 g/mol. The second-order valence-corrected chi connectivity index (χ2v) is 7.45. The van der Waals surface area contributed by atoms with Crippen LogP contribution in [0, 0.1) is 5.92 Å². The van der Waals surface area contributed by atoms with Crippen molar-refractivity contribution in [3.63, 3.8) is 0 Å². The molecule has 0 saturated heterocycles. The minimum Gasteiger partial charge on any atom is -0.478 e. The average Bonchev–Trinajstić information content (AvgIpc) is 2.45. The summed E-state index contributed by atoms with van der Waals surface area (Å²) in [5, 5.41) is 12.2. The molecule has 22 heavy (non-hydrogen) atoms. The third-order valence-electron chi connectivity index (χ3n) is 3.21. The van der Waals surface area contributed by atoms with Crippen LogP contribution in [-0.4, -0.2) is 32.1 Å². The van der Waals surface area contributed by atoms with E-state index in [-0.39, 0.29) is 22.4 Å². The Morgan fingerprint density at radius 3 is 2.41 bits per heavy atom. The van der Waals surface area contributed by atoms with Gasteiger partial charge in [-0.25, -0.2) is 17.9 Å². The van der Waals surface area contributed by atoms with Gasteiger partial charge in [0.15, 0.2) is 0 Å². The molecule has 1 atom stereocenters. The summed E-state index contributed by atoms with van der Waals surface area (Å²) >= 11 is 0. The Balaban J connectivity index is 3.26. The lowest BCUT2D eigenvalue weighted by Crippen LogP contribution is -2.29. The molecular formula is C15H24N2O4S. The second-order valence-electron chi connectivity index (χ2n) is 5.72. The Hall–Kier alpha value is -1.60. The van der Waals surface area contributed by atoms with E-state index in [1.807, 2.05) is 27.7 Å². The lowest BCUT2D eigenvalue weighted by molar-refractivity contribution is 0.0696. The number of nitrogens with one attached hydrogen (secondary N) is 2. The lowest BCUT2D eigenvalue weighted by Gasteiger charge is -2.18. The van der Waals surface area contributed by atoms with Crippen molar-refractivity contribution in [3.05, 3.63) is 23.8 Å². The van der Waals surface area contributed by atoms with Crippen LogP contribution in [-0.2, 0) is 10.0 Å². The van der Waals surface area contributed by atoms with Crippen LogP contribution in [0.2, 0.25) is 0 Å². The van der Waals surface area contributed by atoms with E-state index >= 15 is 0 Å². The Bertz CT molecular complexity index is 626. The zero-order chi connectivity index (χ0) is 16.9. The molecule has 0 radical (unpaired) electrons. The Kier molecular flexibility index (Phi) is 6.37. The van der Waals surface area contributed by atoms with Gasteiger partial charge in [-0.15, -0.1) is 0 Å². The molecule has 0 unspecified atom stereocenters. The molecule has 0 fully saturated rings. The molecule has 7 heteroatoms. The number of carbonyl (C=O) groups is 1. The highest BCUT2D eigenvalue weighted by Crippen LogP contribution is 2.24. The van der Waals surface area contributed by atoms with E-state index in [1.54, 1.807) is 0 Å². The van der Waals surface area contributed by atoms with Crippen molar-refractivity contribution in [2.75, 3.05) is 11.9 Å². The highest BCUT2D eigenvalue weighted by Gasteiger charge is 2.21. The fourth-order valence-electron chi connectivity index (χ4n) is 1.72. The maximum atomic E-state index is 12.5. The van der Waals surface area contributed by atoms with E-state index in [4.69, 9.17) is 5.11 Å². The molecule has 124 valence electrons. The van der Waals surface area contributed by atoms with Gasteiger partial charge in [0.05, 0.1) is 11.3 Å². The van der Waals surface area contributed by atoms with Gasteiger partial charge in [0.1, 0.15) is 4.90 Å². The monoisotopic (exact) mass is 328 g/mol. The first kappa shape index (κ1) is 18.4. The molecule has 0 aliphatic heterocycles. The number of carboxylic acid groups (broad SMARTS) is 1. The third-order valence-corrected chi connectivity index (χ3v) is 4.68. The SMILES string of the molecule is CC[C@H](C)Nc1ccc(C(=O)O)cc1S(=O)(=O)NCC(C)C. The van der Waals surface area contributed by atoms with Crippen molar-refractivity contribution in [2.24, 2.45) is 5.92 Å². The molecule has 1 aromatic carbocycles. The van der Waals surface area contributed by atoms with E-state index in [0.29, 0.717) is 12.2 Å². The predicted octanol–water partition coefficient (Wildman–Crippen LogP) is 2.53. The van der Waals surface area contributed by atoms with Crippen LogP contribution < -0.4 is 10.0 Å². The van der Waals surface area contributed by atoms with Gasteiger partial charge in [-0.1, -0.05) is 20.8 Å². The first-order chi connectivity index (χ1) is 10.2. The van der Waals surface area contributed by atoms with Crippen molar-refractivity contribution in [2.45, 2.75) is 45.1 Å². The van der Waals surface area contributed by atoms with E-state index < -0.39 is 16.0 Å². The van der Waals surface area contributed by atoms with Crippen molar-refractivity contribution >= 4 is 21.7 Å². The topological polar surface area (TPSA) is 95.5 Å². The van der Waals surface area contributed by atoms with Gasteiger partial charge in [-0.3, -0.25) is 0 Å². The van der Waals surface area contributed by atoms with E-state index in [2.05, 4.69) is 10.0 Å². The summed E-state index contributed by atoms with van der Waals surface area (Å²) in [6, 6.07) is 4.17. The average molecular weight is 328 g/mol. The lowest BCUT2D eigenvalue weighted by atomic mass is 10.2. The van der Waals surface area contributed by atoms with Crippen LogP contribution in [0.1, 0.15) is 44.5 Å². The minimum atomic E-state index is -3.77. The number of rotatable bonds is 8. The highest BCUT2D eigenvalue weighted by atomic mass is 32.2. The van der Waals surface area contributed by atoms with Gasteiger partial charge in [0, 0.05) is 12.6 Å². The number of carboxylic acids is 1. The zero-order valence-electron chi connectivity index (χ0n) is 13.4. The molecule has 0 bridgehead atoms. The molecule has 1 aromatic rings. The summed E-state index contributed by atoms with van der Waals surface area (Å²) in [6.07, 6.45) is 0.819. The van der Waals surface area contributed by atoms with Crippen LogP contribution in [0.15, 0.2) is 23.1 Å². The highest BCUT2D eigenvalue weighted by molar-refractivity contribution is 7.89. The molecule has 0 aromatic heterocycles. The van der Waals surface area contributed by atoms with E-state index in [1.165, 1.54) is 18.2 Å². The largest absolute Gasteiger partial charge is 0.478 e. The second kappa shape index (κ2) is 7.60. The molecule has 0 aliphatic carbocycles. The van der Waals surface area contributed by atoms with E-state index in [9.17, 15) is 13.2 Å². The summed E-state index contributed by atoms with van der Waals surface area (Å²) in [4.78, 5) is 11.1. The Morgan fingerprint density at radius 2 is 1.91 bits per heavy atom. The number of hydrogen-bond acceptors (Lipinski definition) is 4. The van der Waals surface area contributed by atoms with Crippen LogP contribution in [0.3, 0.4) is 0 Å². The molecule has 0 saturated carbocycles. The Morgan fingerprint density at radius 1 is 1.27 bits per heavy atom. The number of anilines is 1. The molecule has 0 amide bonds. The third kappa shape index (κ3) is 4.99. The van der Waals surface area contributed by atoms with Crippen molar-refractivity contribution in [1.29, 1.82) is 0 Å². The van der Waals surface area contributed by atoms with Gasteiger partial charge in [-0.2, -0.15) is 0 Å². The minimum absolute atomic E-state index is 0.0339. The summed E-state index contributed by atoms with van der Waals surface area (Å²) in [6.45, 7) is 8.00.